The number of ether oxygens (including phenoxy) is 2. The summed E-state index contributed by atoms with van der Waals surface area (Å²) in [6.07, 6.45) is 2.73. The molecule has 0 bridgehead atoms. The lowest BCUT2D eigenvalue weighted by molar-refractivity contribution is -0.135. The highest BCUT2D eigenvalue weighted by molar-refractivity contribution is 6.10. The number of benzene rings is 1. The van der Waals surface area contributed by atoms with Gasteiger partial charge in [-0.2, -0.15) is 0 Å². The predicted molar refractivity (Wildman–Crippen MR) is 108 cm³/mol. The Bertz CT molecular complexity index is 901. The highest BCUT2D eigenvalue weighted by Crippen LogP contribution is 2.36. The van der Waals surface area contributed by atoms with Crippen LogP contribution in [0.1, 0.15) is 53.3 Å². The molecule has 2 fully saturated rings. The second-order valence-electron chi connectivity index (χ2n) is 7.92. The number of esters is 2. The Morgan fingerprint density at radius 1 is 1.06 bits per heavy atom. The van der Waals surface area contributed by atoms with Gasteiger partial charge in [-0.25, -0.2) is 14.4 Å². The number of rotatable bonds is 5. The van der Waals surface area contributed by atoms with Crippen molar-refractivity contribution in [1.29, 1.82) is 0 Å². The van der Waals surface area contributed by atoms with Crippen LogP contribution in [0, 0.1) is 5.92 Å². The third-order valence-corrected chi connectivity index (χ3v) is 5.73. The summed E-state index contributed by atoms with van der Waals surface area (Å²) in [5.74, 6) is -1.98. The van der Waals surface area contributed by atoms with E-state index in [2.05, 4.69) is 27.0 Å². The van der Waals surface area contributed by atoms with Gasteiger partial charge in [0.25, 0.3) is 5.91 Å². The topological polar surface area (TPSA) is 131 Å². The molecule has 0 atom stereocenters. The maximum Gasteiger partial charge on any atom is 0.337 e. The van der Waals surface area contributed by atoms with Gasteiger partial charge < -0.3 is 20.1 Å². The molecule has 166 valence electrons. The Hall–Kier alpha value is -3.43. The lowest BCUT2D eigenvalue weighted by Crippen LogP contribution is -2.49. The number of nitrogens with zero attached hydrogens (tertiary/aromatic N) is 1. The van der Waals surface area contributed by atoms with Gasteiger partial charge in [0.1, 0.15) is 12.1 Å². The molecule has 1 saturated heterocycles. The molecule has 1 aromatic carbocycles. The number of hydrogen-bond donors (Lipinski definition) is 2. The Morgan fingerprint density at radius 2 is 1.61 bits per heavy atom. The van der Waals surface area contributed by atoms with Gasteiger partial charge in [0, 0.05) is 5.69 Å². The number of hydrogen-bond acceptors (Lipinski definition) is 7. The molecule has 1 heterocycles. The average molecular weight is 431 g/mol. The molecule has 1 aliphatic heterocycles. The van der Waals surface area contributed by atoms with Crippen LogP contribution in [-0.2, 0) is 19.1 Å². The lowest BCUT2D eigenvalue weighted by Gasteiger charge is -2.33. The maximum absolute atomic E-state index is 12.9. The van der Waals surface area contributed by atoms with Crippen LogP contribution in [0.15, 0.2) is 18.2 Å². The second-order valence-corrected chi connectivity index (χ2v) is 7.92. The van der Waals surface area contributed by atoms with E-state index in [4.69, 9.17) is 0 Å². The molecule has 0 aromatic heterocycles. The average Bonchev–Trinajstić information content (AvgIpc) is 2.98. The first-order valence-corrected chi connectivity index (χ1v) is 9.95. The first kappa shape index (κ1) is 22.3. The van der Waals surface area contributed by atoms with E-state index in [-0.39, 0.29) is 16.8 Å². The smallest absolute Gasteiger partial charge is 0.337 e. The lowest BCUT2D eigenvalue weighted by atomic mass is 9.77. The van der Waals surface area contributed by atoms with Gasteiger partial charge in [0.05, 0.1) is 25.3 Å². The number of amides is 4. The summed E-state index contributed by atoms with van der Waals surface area (Å²) in [4.78, 5) is 62.5. The van der Waals surface area contributed by atoms with E-state index in [0.29, 0.717) is 18.8 Å². The Kier molecular flexibility index (Phi) is 6.28. The molecule has 31 heavy (non-hydrogen) atoms. The van der Waals surface area contributed by atoms with Crippen molar-refractivity contribution in [1.82, 2.24) is 10.2 Å². The molecule has 0 radical (unpaired) electrons. The fourth-order valence-corrected chi connectivity index (χ4v) is 3.93. The van der Waals surface area contributed by atoms with Crippen molar-refractivity contribution in [3.8, 4) is 0 Å². The summed E-state index contributed by atoms with van der Waals surface area (Å²) in [6, 6.07) is 3.32. The summed E-state index contributed by atoms with van der Waals surface area (Å²) < 4.78 is 9.32. The van der Waals surface area contributed by atoms with Crippen molar-refractivity contribution < 1.29 is 33.4 Å². The fourth-order valence-electron chi connectivity index (χ4n) is 3.93. The van der Waals surface area contributed by atoms with Crippen molar-refractivity contribution in [3.63, 3.8) is 0 Å². The molecule has 1 aromatic rings. The third-order valence-electron chi connectivity index (χ3n) is 5.73. The van der Waals surface area contributed by atoms with Gasteiger partial charge in [-0.3, -0.25) is 14.5 Å². The van der Waals surface area contributed by atoms with Crippen LogP contribution in [-0.4, -0.2) is 61.0 Å². The molecule has 2 aliphatic rings. The maximum atomic E-state index is 12.9. The zero-order chi connectivity index (χ0) is 22.8. The van der Waals surface area contributed by atoms with Crippen LogP contribution >= 0.6 is 0 Å². The van der Waals surface area contributed by atoms with E-state index in [0.717, 1.165) is 17.7 Å². The zero-order valence-electron chi connectivity index (χ0n) is 17.6. The summed E-state index contributed by atoms with van der Waals surface area (Å²) in [7, 11) is 2.37. The number of anilines is 1. The number of methoxy groups -OCH3 is 2. The van der Waals surface area contributed by atoms with Crippen molar-refractivity contribution in [3.05, 3.63) is 29.3 Å². The quantitative estimate of drug-likeness (QED) is 0.536. The molecule has 4 amide bonds. The van der Waals surface area contributed by atoms with E-state index in [1.165, 1.54) is 32.4 Å². The summed E-state index contributed by atoms with van der Waals surface area (Å²) in [6.45, 7) is 1.61. The Morgan fingerprint density at radius 3 is 2.13 bits per heavy atom. The molecule has 1 spiro atoms. The van der Waals surface area contributed by atoms with Crippen molar-refractivity contribution >= 4 is 35.5 Å². The minimum Gasteiger partial charge on any atom is -0.465 e. The zero-order valence-corrected chi connectivity index (χ0v) is 17.6. The summed E-state index contributed by atoms with van der Waals surface area (Å²) >= 11 is 0. The van der Waals surface area contributed by atoms with Gasteiger partial charge in [-0.05, 0) is 49.8 Å². The Labute approximate surface area is 179 Å². The molecule has 1 aliphatic carbocycles. The molecule has 0 unspecified atom stereocenters. The number of nitrogens with one attached hydrogen (secondary N) is 2. The van der Waals surface area contributed by atoms with Crippen LogP contribution in [0.3, 0.4) is 0 Å². The van der Waals surface area contributed by atoms with Crippen LogP contribution in [0.5, 0.6) is 0 Å². The molecular formula is C21H25N3O7. The highest BCUT2D eigenvalue weighted by atomic mass is 16.5. The number of carbonyl (C=O) groups is 5. The number of imide groups is 1. The normalized spacial score (nSPS) is 22.8. The highest BCUT2D eigenvalue weighted by Gasteiger charge is 2.52. The van der Waals surface area contributed by atoms with Crippen LogP contribution in [0.2, 0.25) is 0 Å². The van der Waals surface area contributed by atoms with E-state index in [1.54, 1.807) is 0 Å². The van der Waals surface area contributed by atoms with Gasteiger partial charge in [-0.1, -0.05) is 6.92 Å². The van der Waals surface area contributed by atoms with E-state index in [9.17, 15) is 24.0 Å². The third kappa shape index (κ3) is 4.52. The number of carbonyl (C=O) groups excluding carboxylic acids is 5. The van der Waals surface area contributed by atoms with Crippen molar-refractivity contribution in [2.45, 2.75) is 38.1 Å². The second kappa shape index (κ2) is 8.75. The van der Waals surface area contributed by atoms with Crippen molar-refractivity contribution in [2.24, 2.45) is 5.92 Å². The number of urea groups is 1. The predicted octanol–water partition coefficient (Wildman–Crippen LogP) is 1.70. The SMILES string of the molecule is COC(=O)c1cc(NC(=O)CN2C(=O)NC3(CCC(C)CC3)C2=O)cc(C(=O)OC)c1. The van der Waals surface area contributed by atoms with Gasteiger partial charge in [0.15, 0.2) is 0 Å². The Balaban J connectivity index is 1.74. The standard InChI is InChI=1S/C21H25N3O7/c1-12-4-6-21(7-5-12)19(28)24(20(29)23-21)11-16(25)22-15-9-13(17(26)30-2)8-14(10-15)18(27)31-3/h8-10,12H,4-7,11H2,1-3H3,(H,22,25)(H,23,29). The molecular weight excluding hydrogens is 406 g/mol. The minimum atomic E-state index is -0.938. The van der Waals surface area contributed by atoms with Crippen LogP contribution < -0.4 is 10.6 Å². The molecule has 2 N–H and O–H groups in total. The minimum absolute atomic E-state index is 0.0333. The van der Waals surface area contributed by atoms with Gasteiger partial charge in [-0.15, -0.1) is 0 Å². The van der Waals surface area contributed by atoms with Crippen molar-refractivity contribution in [2.75, 3.05) is 26.1 Å². The van der Waals surface area contributed by atoms with Crippen LogP contribution in [0.4, 0.5) is 10.5 Å². The van der Waals surface area contributed by atoms with Gasteiger partial charge in [0.2, 0.25) is 5.91 Å². The largest absolute Gasteiger partial charge is 0.465 e. The van der Waals surface area contributed by atoms with E-state index >= 15 is 0 Å². The molecule has 10 nitrogen and oxygen atoms in total. The molecule has 10 heteroatoms. The van der Waals surface area contributed by atoms with E-state index < -0.39 is 41.9 Å². The van der Waals surface area contributed by atoms with Crippen LogP contribution in [0.25, 0.3) is 0 Å². The first-order chi connectivity index (χ1) is 14.7. The summed E-state index contributed by atoms with van der Waals surface area (Å²) in [5, 5.41) is 5.28. The fraction of sp³-hybridized carbons (Fsp3) is 0.476. The molecule has 3 rings (SSSR count). The monoisotopic (exact) mass is 431 g/mol. The first-order valence-electron chi connectivity index (χ1n) is 9.95. The summed E-state index contributed by atoms with van der Waals surface area (Å²) in [5.41, 5.74) is -0.745. The molecule has 1 saturated carbocycles. The van der Waals surface area contributed by atoms with E-state index in [1.807, 2.05) is 0 Å². The van der Waals surface area contributed by atoms with Gasteiger partial charge >= 0.3 is 18.0 Å².